The van der Waals surface area contributed by atoms with Crippen molar-refractivity contribution in [1.29, 1.82) is 0 Å². The van der Waals surface area contributed by atoms with Crippen LogP contribution in [-0.4, -0.2) is 27.8 Å². The van der Waals surface area contributed by atoms with E-state index >= 15 is 0 Å². The minimum absolute atomic E-state index is 0.0339. The van der Waals surface area contributed by atoms with Crippen molar-refractivity contribution in [1.82, 2.24) is 0 Å². The molecule has 1 aliphatic carbocycles. The van der Waals surface area contributed by atoms with E-state index in [-0.39, 0.29) is 6.42 Å². The Labute approximate surface area is 148 Å². The van der Waals surface area contributed by atoms with E-state index in [1.54, 1.807) is 25.2 Å². The van der Waals surface area contributed by atoms with Gasteiger partial charge in [-0.2, -0.15) is 0 Å². The van der Waals surface area contributed by atoms with Gasteiger partial charge in [-0.1, -0.05) is 24.3 Å². The predicted molar refractivity (Wildman–Crippen MR) is 90.1 cm³/mol. The van der Waals surface area contributed by atoms with Gasteiger partial charge in [-0.05, 0) is 31.2 Å². The van der Waals surface area contributed by atoms with Gasteiger partial charge in [0.25, 0.3) is 0 Å². The van der Waals surface area contributed by atoms with E-state index < -0.39 is 39.5 Å². The summed E-state index contributed by atoms with van der Waals surface area (Å²) in [5, 5.41) is 10.7. The summed E-state index contributed by atoms with van der Waals surface area (Å²) in [6.07, 6.45) is 6.52. The minimum atomic E-state index is -1.23. The number of benzene rings is 1. The molecular formula is C18H15FNO4S-. The number of hydrogen-bond donors (Lipinski definition) is 0. The first-order valence-corrected chi connectivity index (χ1v) is 8.57. The molecule has 1 heterocycles. The van der Waals surface area contributed by atoms with Gasteiger partial charge in [0, 0.05) is 23.1 Å². The molecule has 1 saturated heterocycles. The van der Waals surface area contributed by atoms with E-state index in [0.29, 0.717) is 5.69 Å². The Kier molecular flexibility index (Phi) is 4.51. The number of allylic oxidation sites excluding steroid dienone is 2. The highest BCUT2D eigenvalue weighted by molar-refractivity contribution is 8.02. The van der Waals surface area contributed by atoms with Crippen molar-refractivity contribution in [2.45, 2.75) is 23.3 Å². The normalized spacial score (nSPS) is 28.6. The molecule has 3 unspecified atom stereocenters. The number of rotatable bonds is 4. The SMILES string of the molecule is CC1(SC2CC(=O)N(c3ccc(F)cc3)C2=O)C=CC=CC1C(=O)[O-]. The predicted octanol–water partition coefficient (Wildman–Crippen LogP) is 1.44. The summed E-state index contributed by atoms with van der Waals surface area (Å²) in [5.41, 5.74) is 0.306. The molecule has 5 nitrogen and oxygen atoms in total. The van der Waals surface area contributed by atoms with Gasteiger partial charge in [-0.25, -0.2) is 9.29 Å². The molecule has 7 heteroatoms. The lowest BCUT2D eigenvalue weighted by Gasteiger charge is -2.36. The molecule has 1 aromatic carbocycles. The number of hydrogen-bond acceptors (Lipinski definition) is 5. The summed E-state index contributed by atoms with van der Waals surface area (Å²) >= 11 is 1.14. The lowest BCUT2D eigenvalue weighted by atomic mass is 9.89. The van der Waals surface area contributed by atoms with E-state index in [0.717, 1.165) is 16.7 Å². The number of carbonyl (C=O) groups excluding carboxylic acids is 3. The van der Waals surface area contributed by atoms with E-state index in [1.807, 2.05) is 0 Å². The van der Waals surface area contributed by atoms with Gasteiger partial charge in [0.2, 0.25) is 11.8 Å². The van der Waals surface area contributed by atoms with Crippen LogP contribution in [0.2, 0.25) is 0 Å². The Bertz CT molecular complexity index is 789. The molecule has 1 aliphatic heterocycles. The van der Waals surface area contributed by atoms with Gasteiger partial charge in [-0.3, -0.25) is 9.59 Å². The summed E-state index contributed by atoms with van der Waals surface area (Å²) in [6, 6.07) is 5.09. The number of carboxylic acid groups (broad SMARTS) is 1. The number of carboxylic acids is 1. The number of anilines is 1. The molecule has 0 spiro atoms. The van der Waals surface area contributed by atoms with Crippen LogP contribution >= 0.6 is 11.8 Å². The van der Waals surface area contributed by atoms with Gasteiger partial charge in [-0.15, -0.1) is 11.8 Å². The Morgan fingerprint density at radius 1 is 1.28 bits per heavy atom. The smallest absolute Gasteiger partial charge is 0.247 e. The summed E-state index contributed by atoms with van der Waals surface area (Å²) < 4.78 is 12.2. The van der Waals surface area contributed by atoms with Crippen LogP contribution in [0.1, 0.15) is 13.3 Å². The fourth-order valence-electron chi connectivity index (χ4n) is 3.01. The Morgan fingerprint density at radius 3 is 2.60 bits per heavy atom. The van der Waals surface area contributed by atoms with Crippen LogP contribution in [0, 0.1) is 11.7 Å². The molecule has 3 rings (SSSR count). The maximum absolute atomic E-state index is 13.1. The maximum atomic E-state index is 13.1. The van der Waals surface area contributed by atoms with E-state index in [4.69, 9.17) is 0 Å². The monoisotopic (exact) mass is 360 g/mol. The number of amides is 2. The zero-order chi connectivity index (χ0) is 18.2. The van der Waals surface area contributed by atoms with E-state index in [1.165, 1.54) is 30.3 Å². The molecule has 2 amide bonds. The van der Waals surface area contributed by atoms with Gasteiger partial charge in [0.1, 0.15) is 5.82 Å². The second kappa shape index (κ2) is 6.48. The second-order valence-corrected chi connectivity index (χ2v) is 7.76. The number of halogens is 1. The zero-order valence-corrected chi connectivity index (χ0v) is 14.2. The lowest BCUT2D eigenvalue weighted by Crippen LogP contribution is -2.44. The maximum Gasteiger partial charge on any atom is 0.247 e. The average molecular weight is 360 g/mol. The quantitative estimate of drug-likeness (QED) is 0.760. The van der Waals surface area contributed by atoms with Crippen LogP contribution in [0.4, 0.5) is 10.1 Å². The van der Waals surface area contributed by atoms with Crippen molar-refractivity contribution in [3.63, 3.8) is 0 Å². The topological polar surface area (TPSA) is 77.5 Å². The third-order valence-corrected chi connectivity index (χ3v) is 5.85. The minimum Gasteiger partial charge on any atom is -0.549 e. The van der Waals surface area contributed by atoms with Gasteiger partial charge < -0.3 is 9.90 Å². The van der Waals surface area contributed by atoms with Gasteiger partial charge >= 0.3 is 0 Å². The Morgan fingerprint density at radius 2 is 1.96 bits per heavy atom. The Hall–Kier alpha value is -2.41. The molecule has 0 N–H and O–H groups in total. The molecule has 0 aromatic heterocycles. The van der Waals surface area contributed by atoms with Crippen LogP contribution in [-0.2, 0) is 14.4 Å². The highest BCUT2D eigenvalue weighted by Gasteiger charge is 2.45. The fraction of sp³-hybridized carbons (Fsp3) is 0.278. The molecule has 1 aromatic rings. The molecule has 130 valence electrons. The number of aliphatic carboxylic acids is 1. The summed E-state index contributed by atoms with van der Waals surface area (Å²) in [4.78, 5) is 37.4. The molecule has 1 fully saturated rings. The summed E-state index contributed by atoms with van der Waals surface area (Å²) in [5.74, 6) is -3.41. The molecule has 0 bridgehead atoms. The van der Waals surface area contributed by atoms with Gasteiger partial charge in [0.05, 0.1) is 10.9 Å². The van der Waals surface area contributed by atoms with Crippen LogP contribution in [0.5, 0.6) is 0 Å². The zero-order valence-electron chi connectivity index (χ0n) is 13.3. The lowest BCUT2D eigenvalue weighted by molar-refractivity contribution is -0.310. The number of carbonyl (C=O) groups is 3. The molecule has 25 heavy (non-hydrogen) atoms. The largest absolute Gasteiger partial charge is 0.549 e. The van der Waals surface area contributed by atoms with E-state index in [2.05, 4.69) is 0 Å². The summed E-state index contributed by atoms with van der Waals surface area (Å²) in [7, 11) is 0. The highest BCUT2D eigenvalue weighted by Crippen LogP contribution is 2.43. The first kappa shape index (κ1) is 17.4. The van der Waals surface area contributed by atoms with Crippen LogP contribution < -0.4 is 10.0 Å². The van der Waals surface area contributed by atoms with Crippen molar-refractivity contribution >= 4 is 35.2 Å². The standard InChI is InChI=1S/C18H16FNO4S/c1-18(9-3-2-4-13(18)17(23)24)25-14-10-15(21)20(16(14)22)12-7-5-11(19)6-8-12/h2-9,13-14H,10H2,1H3,(H,23,24)/p-1. The first-order chi connectivity index (χ1) is 11.8. The van der Waals surface area contributed by atoms with Crippen molar-refractivity contribution in [3.05, 3.63) is 54.4 Å². The molecule has 0 radical (unpaired) electrons. The average Bonchev–Trinajstić information content (AvgIpc) is 2.82. The third-order valence-electron chi connectivity index (χ3n) is 4.30. The van der Waals surface area contributed by atoms with Crippen LogP contribution in [0.15, 0.2) is 48.6 Å². The van der Waals surface area contributed by atoms with Gasteiger partial charge in [0.15, 0.2) is 0 Å². The van der Waals surface area contributed by atoms with Crippen LogP contribution in [0.3, 0.4) is 0 Å². The molecule has 3 atom stereocenters. The third kappa shape index (κ3) is 3.24. The van der Waals surface area contributed by atoms with E-state index in [9.17, 15) is 23.9 Å². The molecular weight excluding hydrogens is 345 g/mol. The molecule has 2 aliphatic rings. The Balaban J connectivity index is 1.82. The fourth-order valence-corrected chi connectivity index (χ4v) is 4.53. The van der Waals surface area contributed by atoms with Crippen molar-refractivity contribution in [3.8, 4) is 0 Å². The molecule has 0 saturated carbocycles. The summed E-state index contributed by atoms with van der Waals surface area (Å²) in [6.45, 7) is 1.70. The van der Waals surface area contributed by atoms with Crippen LogP contribution in [0.25, 0.3) is 0 Å². The highest BCUT2D eigenvalue weighted by atomic mass is 32.2. The number of thioether (sulfide) groups is 1. The van der Waals surface area contributed by atoms with Crippen molar-refractivity contribution in [2.75, 3.05) is 4.90 Å². The van der Waals surface area contributed by atoms with Crippen molar-refractivity contribution < 1.29 is 23.9 Å². The number of imide groups is 1. The first-order valence-electron chi connectivity index (χ1n) is 7.69. The van der Waals surface area contributed by atoms with Crippen molar-refractivity contribution in [2.24, 2.45) is 5.92 Å². The second-order valence-electron chi connectivity index (χ2n) is 6.08. The number of nitrogens with zero attached hydrogens (tertiary/aromatic N) is 1.